The van der Waals surface area contributed by atoms with Crippen molar-refractivity contribution in [3.05, 3.63) is 33.8 Å². The van der Waals surface area contributed by atoms with Crippen LogP contribution in [0.1, 0.15) is 22.3 Å². The molecule has 0 aliphatic heterocycles. The molecule has 0 spiro atoms. The van der Waals surface area contributed by atoms with Crippen molar-refractivity contribution in [1.29, 1.82) is 0 Å². The van der Waals surface area contributed by atoms with Gasteiger partial charge in [0.1, 0.15) is 5.84 Å². The number of oxime groups is 1. The van der Waals surface area contributed by atoms with Gasteiger partial charge in [-0.05, 0) is 40.5 Å². The Morgan fingerprint density at radius 1 is 1.56 bits per heavy atom. The Labute approximate surface area is 114 Å². The predicted molar refractivity (Wildman–Crippen MR) is 73.9 cm³/mol. The van der Waals surface area contributed by atoms with Gasteiger partial charge in [-0.2, -0.15) is 0 Å². The van der Waals surface area contributed by atoms with Crippen LogP contribution in [0.2, 0.25) is 0 Å². The Bertz CT molecular complexity index is 474. The van der Waals surface area contributed by atoms with Gasteiger partial charge >= 0.3 is 0 Å². The van der Waals surface area contributed by atoms with Crippen molar-refractivity contribution in [1.82, 2.24) is 4.90 Å². The van der Waals surface area contributed by atoms with Crippen molar-refractivity contribution in [2.45, 2.75) is 13.3 Å². The molecule has 5 nitrogen and oxygen atoms in total. The first kappa shape index (κ1) is 14.5. The molecular formula is C12H16BrN3O2. The summed E-state index contributed by atoms with van der Waals surface area (Å²) < 4.78 is 0.767. The van der Waals surface area contributed by atoms with Crippen LogP contribution in [0.25, 0.3) is 0 Å². The maximum absolute atomic E-state index is 12.1. The summed E-state index contributed by atoms with van der Waals surface area (Å²) in [4.78, 5) is 13.7. The number of nitrogens with zero attached hydrogens (tertiary/aromatic N) is 2. The maximum Gasteiger partial charge on any atom is 0.254 e. The number of carbonyl (C=O) groups excluding carboxylic acids is 1. The first-order chi connectivity index (χ1) is 8.45. The van der Waals surface area contributed by atoms with E-state index in [1.807, 2.05) is 19.1 Å². The molecule has 0 aliphatic rings. The summed E-state index contributed by atoms with van der Waals surface area (Å²) in [5, 5.41) is 11.3. The minimum Gasteiger partial charge on any atom is -0.409 e. The number of rotatable bonds is 4. The van der Waals surface area contributed by atoms with E-state index in [-0.39, 0.29) is 11.7 Å². The molecule has 0 radical (unpaired) electrons. The van der Waals surface area contributed by atoms with Crippen LogP contribution in [-0.4, -0.2) is 35.4 Å². The third kappa shape index (κ3) is 3.73. The number of carbonyl (C=O) groups is 1. The number of nitrogens with two attached hydrogens (primary N) is 1. The van der Waals surface area contributed by atoms with Gasteiger partial charge in [0, 0.05) is 24.5 Å². The highest BCUT2D eigenvalue weighted by molar-refractivity contribution is 9.10. The van der Waals surface area contributed by atoms with Gasteiger partial charge in [-0.25, -0.2) is 0 Å². The highest BCUT2D eigenvalue weighted by atomic mass is 79.9. The molecule has 0 atom stereocenters. The minimum atomic E-state index is -0.104. The lowest BCUT2D eigenvalue weighted by Crippen LogP contribution is -2.30. The second kappa shape index (κ2) is 6.39. The van der Waals surface area contributed by atoms with E-state index in [1.165, 1.54) is 4.90 Å². The summed E-state index contributed by atoms with van der Waals surface area (Å²) in [6.07, 6.45) is 0.336. The summed E-state index contributed by atoms with van der Waals surface area (Å²) in [7, 11) is 1.68. The number of hydrogen-bond donors (Lipinski definition) is 2. The quantitative estimate of drug-likeness (QED) is 0.386. The average Bonchev–Trinajstić information content (AvgIpc) is 2.34. The number of amidine groups is 1. The van der Waals surface area contributed by atoms with Crippen LogP contribution >= 0.6 is 15.9 Å². The lowest BCUT2D eigenvalue weighted by Gasteiger charge is -2.17. The summed E-state index contributed by atoms with van der Waals surface area (Å²) in [5.41, 5.74) is 7.04. The Balaban J connectivity index is 2.74. The standard InChI is InChI=1S/C12H16BrN3O2/c1-8-3-4-9(10(13)7-8)12(17)16(2)6-5-11(14)15-18/h3-4,7,18H,5-6H2,1-2H3,(H2,14,15). The number of aryl methyl sites for hydroxylation is 1. The van der Waals surface area contributed by atoms with Crippen molar-refractivity contribution in [2.75, 3.05) is 13.6 Å². The molecule has 18 heavy (non-hydrogen) atoms. The van der Waals surface area contributed by atoms with Gasteiger partial charge in [0.05, 0.1) is 5.56 Å². The van der Waals surface area contributed by atoms with Crippen LogP contribution in [0.5, 0.6) is 0 Å². The molecular weight excluding hydrogens is 298 g/mol. The molecule has 0 saturated heterocycles. The van der Waals surface area contributed by atoms with Gasteiger partial charge in [-0.3, -0.25) is 4.79 Å². The SMILES string of the molecule is Cc1ccc(C(=O)N(C)CC/C(N)=N/O)c(Br)c1. The summed E-state index contributed by atoms with van der Waals surface area (Å²) in [5.74, 6) is 0.00485. The van der Waals surface area contributed by atoms with E-state index in [0.717, 1.165) is 10.0 Å². The molecule has 98 valence electrons. The fourth-order valence-electron chi connectivity index (χ4n) is 1.43. The maximum atomic E-state index is 12.1. The second-order valence-electron chi connectivity index (χ2n) is 4.05. The molecule has 0 aliphatic carbocycles. The summed E-state index contributed by atoms with van der Waals surface area (Å²) >= 11 is 3.37. The molecule has 0 aromatic heterocycles. The second-order valence-corrected chi connectivity index (χ2v) is 4.91. The van der Waals surface area contributed by atoms with Crippen molar-refractivity contribution >= 4 is 27.7 Å². The van der Waals surface area contributed by atoms with E-state index in [2.05, 4.69) is 21.1 Å². The van der Waals surface area contributed by atoms with Gasteiger partial charge in [-0.15, -0.1) is 0 Å². The van der Waals surface area contributed by atoms with Crippen molar-refractivity contribution in [3.63, 3.8) is 0 Å². The third-order valence-corrected chi connectivity index (χ3v) is 3.19. The lowest BCUT2D eigenvalue weighted by molar-refractivity contribution is 0.0797. The van der Waals surface area contributed by atoms with Crippen molar-refractivity contribution < 1.29 is 10.0 Å². The average molecular weight is 314 g/mol. The van der Waals surface area contributed by atoms with Crippen LogP contribution in [0.4, 0.5) is 0 Å². The molecule has 3 N–H and O–H groups in total. The Morgan fingerprint density at radius 2 is 2.22 bits per heavy atom. The fourth-order valence-corrected chi connectivity index (χ4v) is 2.10. The molecule has 0 saturated carbocycles. The van der Waals surface area contributed by atoms with Gasteiger partial charge in [0.2, 0.25) is 0 Å². The molecule has 1 aromatic carbocycles. The molecule has 6 heteroatoms. The smallest absolute Gasteiger partial charge is 0.254 e. The highest BCUT2D eigenvalue weighted by Crippen LogP contribution is 2.19. The number of benzene rings is 1. The zero-order valence-corrected chi connectivity index (χ0v) is 11.9. The van der Waals surface area contributed by atoms with E-state index in [0.29, 0.717) is 18.5 Å². The van der Waals surface area contributed by atoms with E-state index >= 15 is 0 Å². The first-order valence-electron chi connectivity index (χ1n) is 5.43. The van der Waals surface area contributed by atoms with E-state index in [1.54, 1.807) is 13.1 Å². The van der Waals surface area contributed by atoms with Crippen molar-refractivity contribution in [2.24, 2.45) is 10.9 Å². The number of hydrogen-bond acceptors (Lipinski definition) is 3. The molecule has 0 fully saturated rings. The van der Waals surface area contributed by atoms with Crippen molar-refractivity contribution in [3.8, 4) is 0 Å². The lowest BCUT2D eigenvalue weighted by atomic mass is 10.1. The molecule has 0 unspecified atom stereocenters. The Hall–Kier alpha value is -1.56. The normalized spacial score (nSPS) is 11.4. The van der Waals surface area contributed by atoms with Crippen LogP contribution < -0.4 is 5.73 Å². The zero-order valence-electron chi connectivity index (χ0n) is 10.4. The minimum absolute atomic E-state index is 0.104. The Kier molecular flexibility index (Phi) is 5.15. The van der Waals surface area contributed by atoms with Gasteiger partial charge in [0.25, 0.3) is 5.91 Å². The summed E-state index contributed by atoms with van der Waals surface area (Å²) in [6, 6.07) is 5.56. The van der Waals surface area contributed by atoms with Crippen LogP contribution in [-0.2, 0) is 0 Å². The van der Waals surface area contributed by atoms with Crippen LogP contribution in [0, 0.1) is 6.92 Å². The summed E-state index contributed by atoms with van der Waals surface area (Å²) in [6.45, 7) is 2.36. The van der Waals surface area contributed by atoms with E-state index < -0.39 is 0 Å². The van der Waals surface area contributed by atoms with Crippen LogP contribution in [0.3, 0.4) is 0 Å². The topological polar surface area (TPSA) is 78.9 Å². The molecule has 1 aromatic rings. The van der Waals surface area contributed by atoms with E-state index in [4.69, 9.17) is 10.9 Å². The molecule has 1 rings (SSSR count). The largest absolute Gasteiger partial charge is 0.409 e. The molecule has 0 bridgehead atoms. The highest BCUT2D eigenvalue weighted by Gasteiger charge is 2.14. The third-order valence-electron chi connectivity index (χ3n) is 2.53. The van der Waals surface area contributed by atoms with Gasteiger partial charge < -0.3 is 15.8 Å². The number of amides is 1. The Morgan fingerprint density at radius 3 is 2.78 bits per heavy atom. The zero-order chi connectivity index (χ0) is 13.7. The van der Waals surface area contributed by atoms with Gasteiger partial charge in [0.15, 0.2) is 0 Å². The fraction of sp³-hybridized carbons (Fsp3) is 0.333. The predicted octanol–water partition coefficient (Wildman–Crippen LogP) is 1.97. The number of halogens is 1. The monoisotopic (exact) mass is 313 g/mol. The first-order valence-corrected chi connectivity index (χ1v) is 6.23. The molecule has 0 heterocycles. The van der Waals surface area contributed by atoms with Gasteiger partial charge in [-0.1, -0.05) is 11.2 Å². The van der Waals surface area contributed by atoms with Crippen LogP contribution in [0.15, 0.2) is 27.8 Å². The molecule has 1 amide bonds. The van der Waals surface area contributed by atoms with E-state index in [9.17, 15) is 4.79 Å².